The molecule has 1 N–H and O–H groups in total. The second kappa shape index (κ2) is 7.59. The minimum Gasteiger partial charge on any atom is -0.357 e. The van der Waals surface area contributed by atoms with Gasteiger partial charge in [-0.05, 0) is 6.92 Å². The summed E-state index contributed by atoms with van der Waals surface area (Å²) in [5.41, 5.74) is 4.52. The van der Waals surface area contributed by atoms with Crippen molar-refractivity contribution >= 4 is 17.6 Å². The Morgan fingerprint density at radius 2 is 1.65 bits per heavy atom. The fraction of sp³-hybridized carbons (Fsp3) is 0.353. The minimum absolute atomic E-state index is 0.214. The molecule has 6 nitrogen and oxygen atoms in total. The molecule has 0 aliphatic carbocycles. The van der Waals surface area contributed by atoms with E-state index in [1.807, 2.05) is 30.3 Å². The SMILES string of the molecule is Cc1c(N/N=C(/N(C)C)C(F)(F)F)nc(N(C)C)nc1-c1ccccc1. The Balaban J connectivity index is 2.53. The molecule has 2 aromatic rings. The molecule has 0 aliphatic heterocycles. The number of nitrogens with one attached hydrogen (secondary N) is 1. The molecule has 0 bridgehead atoms. The highest BCUT2D eigenvalue weighted by molar-refractivity contribution is 5.87. The maximum absolute atomic E-state index is 13.1. The van der Waals surface area contributed by atoms with Gasteiger partial charge in [0.05, 0.1) is 5.69 Å². The first-order chi connectivity index (χ1) is 12.1. The lowest BCUT2D eigenvalue weighted by atomic mass is 10.1. The third-order valence-electron chi connectivity index (χ3n) is 3.53. The number of benzene rings is 1. The molecular formula is C17H21F3N6. The van der Waals surface area contributed by atoms with Crippen molar-refractivity contribution in [2.45, 2.75) is 13.1 Å². The summed E-state index contributed by atoms with van der Waals surface area (Å²) in [5, 5.41) is 3.52. The highest BCUT2D eigenvalue weighted by Gasteiger charge is 2.38. The molecule has 0 saturated carbocycles. The van der Waals surface area contributed by atoms with Crippen LogP contribution < -0.4 is 10.3 Å². The van der Waals surface area contributed by atoms with Crippen molar-refractivity contribution < 1.29 is 13.2 Å². The smallest absolute Gasteiger partial charge is 0.357 e. The van der Waals surface area contributed by atoms with E-state index in [2.05, 4.69) is 20.5 Å². The number of hydrogen-bond donors (Lipinski definition) is 1. The van der Waals surface area contributed by atoms with E-state index in [9.17, 15) is 13.2 Å². The topological polar surface area (TPSA) is 56.7 Å². The number of rotatable bonds is 4. The van der Waals surface area contributed by atoms with Gasteiger partial charge in [-0.1, -0.05) is 30.3 Å². The highest BCUT2D eigenvalue weighted by atomic mass is 19.4. The molecule has 0 radical (unpaired) electrons. The second-order valence-corrected chi connectivity index (χ2v) is 6.05. The Morgan fingerprint density at radius 1 is 1.04 bits per heavy atom. The number of nitrogens with zero attached hydrogens (tertiary/aromatic N) is 5. The van der Waals surface area contributed by atoms with Crippen LogP contribution in [-0.4, -0.2) is 55.1 Å². The lowest BCUT2D eigenvalue weighted by Gasteiger charge is -2.19. The molecule has 140 valence electrons. The number of hydrogen-bond acceptors (Lipinski definition) is 5. The van der Waals surface area contributed by atoms with Crippen LogP contribution in [0, 0.1) is 6.92 Å². The Labute approximate surface area is 150 Å². The van der Waals surface area contributed by atoms with Gasteiger partial charge in [0, 0.05) is 39.3 Å². The van der Waals surface area contributed by atoms with Gasteiger partial charge in [-0.2, -0.15) is 23.3 Å². The zero-order chi connectivity index (χ0) is 19.5. The largest absolute Gasteiger partial charge is 0.451 e. The van der Waals surface area contributed by atoms with Crippen molar-refractivity contribution in [2.75, 3.05) is 38.5 Å². The summed E-state index contributed by atoms with van der Waals surface area (Å²) in [6.45, 7) is 1.74. The van der Waals surface area contributed by atoms with E-state index in [4.69, 9.17) is 0 Å². The van der Waals surface area contributed by atoms with Crippen LogP contribution in [0.25, 0.3) is 11.3 Å². The van der Waals surface area contributed by atoms with E-state index in [1.165, 1.54) is 14.1 Å². The fourth-order valence-corrected chi connectivity index (χ4v) is 2.21. The van der Waals surface area contributed by atoms with E-state index in [0.717, 1.165) is 10.5 Å². The predicted octanol–water partition coefficient (Wildman–Crippen LogP) is 3.37. The number of anilines is 2. The van der Waals surface area contributed by atoms with E-state index in [0.29, 0.717) is 17.2 Å². The third kappa shape index (κ3) is 4.41. The summed E-state index contributed by atoms with van der Waals surface area (Å²) in [4.78, 5) is 11.4. The predicted molar refractivity (Wildman–Crippen MR) is 97.3 cm³/mol. The summed E-state index contributed by atoms with van der Waals surface area (Å²) < 4.78 is 39.2. The first-order valence-corrected chi connectivity index (χ1v) is 7.81. The molecule has 0 saturated heterocycles. The average molecular weight is 366 g/mol. The molecular weight excluding hydrogens is 345 g/mol. The molecule has 0 atom stereocenters. The van der Waals surface area contributed by atoms with Crippen molar-refractivity contribution in [3.63, 3.8) is 0 Å². The van der Waals surface area contributed by atoms with Crippen LogP contribution in [0.4, 0.5) is 24.9 Å². The van der Waals surface area contributed by atoms with E-state index < -0.39 is 12.0 Å². The van der Waals surface area contributed by atoms with Crippen molar-refractivity contribution in [2.24, 2.45) is 5.10 Å². The molecule has 1 heterocycles. The highest BCUT2D eigenvalue weighted by Crippen LogP contribution is 2.28. The molecule has 0 aliphatic rings. The summed E-state index contributed by atoms with van der Waals surface area (Å²) in [6, 6.07) is 9.37. The van der Waals surface area contributed by atoms with Gasteiger partial charge >= 0.3 is 6.18 Å². The fourth-order valence-electron chi connectivity index (χ4n) is 2.21. The number of aromatic nitrogens is 2. The summed E-state index contributed by atoms with van der Waals surface area (Å²) >= 11 is 0. The second-order valence-electron chi connectivity index (χ2n) is 6.05. The molecule has 2 rings (SSSR count). The molecule has 0 amide bonds. The van der Waals surface area contributed by atoms with Crippen molar-refractivity contribution in [1.29, 1.82) is 0 Å². The van der Waals surface area contributed by atoms with E-state index in [1.54, 1.807) is 25.9 Å². The van der Waals surface area contributed by atoms with Gasteiger partial charge < -0.3 is 9.80 Å². The van der Waals surface area contributed by atoms with Crippen LogP contribution in [0.3, 0.4) is 0 Å². The van der Waals surface area contributed by atoms with Crippen LogP contribution in [0.15, 0.2) is 35.4 Å². The molecule has 0 fully saturated rings. The first-order valence-electron chi connectivity index (χ1n) is 7.81. The van der Waals surface area contributed by atoms with Crippen LogP contribution in [0.1, 0.15) is 5.56 Å². The van der Waals surface area contributed by atoms with Gasteiger partial charge in [-0.25, -0.2) is 4.98 Å². The maximum Gasteiger partial charge on any atom is 0.451 e. The summed E-state index contributed by atoms with van der Waals surface area (Å²) in [6.07, 6.45) is -4.58. The van der Waals surface area contributed by atoms with Crippen LogP contribution in [-0.2, 0) is 0 Å². The first kappa shape index (κ1) is 19.5. The van der Waals surface area contributed by atoms with Gasteiger partial charge in [-0.3, -0.25) is 5.43 Å². The van der Waals surface area contributed by atoms with Gasteiger partial charge in [0.25, 0.3) is 0 Å². The average Bonchev–Trinajstić information content (AvgIpc) is 2.55. The molecule has 0 unspecified atom stereocenters. The van der Waals surface area contributed by atoms with Crippen molar-refractivity contribution in [3.05, 3.63) is 35.9 Å². The van der Waals surface area contributed by atoms with Crippen LogP contribution in [0.2, 0.25) is 0 Å². The minimum atomic E-state index is -4.58. The van der Waals surface area contributed by atoms with E-state index >= 15 is 0 Å². The molecule has 9 heteroatoms. The van der Waals surface area contributed by atoms with Crippen molar-refractivity contribution in [3.8, 4) is 11.3 Å². The third-order valence-corrected chi connectivity index (χ3v) is 3.53. The number of amidine groups is 1. The number of hydrazone groups is 1. The monoisotopic (exact) mass is 366 g/mol. The number of halogens is 3. The van der Waals surface area contributed by atoms with Crippen LogP contribution >= 0.6 is 0 Å². The van der Waals surface area contributed by atoms with Crippen LogP contribution in [0.5, 0.6) is 0 Å². The molecule has 26 heavy (non-hydrogen) atoms. The Morgan fingerprint density at radius 3 is 2.15 bits per heavy atom. The molecule has 0 spiro atoms. The Kier molecular flexibility index (Phi) is 5.69. The zero-order valence-electron chi connectivity index (χ0n) is 15.3. The Bertz CT molecular complexity index is 785. The zero-order valence-corrected chi connectivity index (χ0v) is 15.3. The normalized spacial score (nSPS) is 12.1. The molecule has 1 aromatic carbocycles. The standard InChI is InChI=1S/C17H21F3N6/c1-11-13(12-9-7-6-8-10-12)21-16(26(4)5)22-14(11)23-24-15(25(2)3)17(18,19)20/h6-10H,1-5H3,(H,21,22,23)/b24-15+. The number of alkyl halides is 3. The molecule has 1 aromatic heterocycles. The quantitative estimate of drug-likeness (QED) is 0.511. The maximum atomic E-state index is 13.1. The van der Waals surface area contributed by atoms with Crippen molar-refractivity contribution in [1.82, 2.24) is 14.9 Å². The van der Waals surface area contributed by atoms with Gasteiger partial charge in [0.15, 0.2) is 5.82 Å². The van der Waals surface area contributed by atoms with Gasteiger partial charge in [0.1, 0.15) is 0 Å². The lowest BCUT2D eigenvalue weighted by molar-refractivity contribution is -0.0669. The summed E-state index contributed by atoms with van der Waals surface area (Å²) in [7, 11) is 6.07. The van der Waals surface area contributed by atoms with Gasteiger partial charge in [-0.15, -0.1) is 0 Å². The van der Waals surface area contributed by atoms with E-state index in [-0.39, 0.29) is 5.82 Å². The Hall–Kier alpha value is -2.84. The lowest BCUT2D eigenvalue weighted by Crippen LogP contribution is -2.37. The van der Waals surface area contributed by atoms with Gasteiger partial charge in [0.2, 0.25) is 11.8 Å². The summed E-state index contributed by atoms with van der Waals surface area (Å²) in [5.74, 6) is -0.472.